The summed E-state index contributed by atoms with van der Waals surface area (Å²) in [7, 11) is 1.58. The Morgan fingerprint density at radius 2 is 2.09 bits per heavy atom. The highest BCUT2D eigenvalue weighted by Crippen LogP contribution is 2.27. The van der Waals surface area contributed by atoms with Crippen molar-refractivity contribution < 1.29 is 14.3 Å². The van der Waals surface area contributed by atoms with E-state index in [0.717, 1.165) is 25.0 Å². The molecular formula is C19H29NO3. The fourth-order valence-electron chi connectivity index (χ4n) is 3.31. The van der Waals surface area contributed by atoms with Crippen molar-refractivity contribution in [2.75, 3.05) is 20.3 Å². The Labute approximate surface area is 139 Å². The summed E-state index contributed by atoms with van der Waals surface area (Å²) in [6, 6.07) is 9.62. The van der Waals surface area contributed by atoms with Gasteiger partial charge in [0, 0.05) is 26.2 Å². The first-order chi connectivity index (χ1) is 11.0. The highest BCUT2D eigenvalue weighted by molar-refractivity contribution is 5.86. The number of hydrogen-bond acceptors (Lipinski definition) is 3. The molecular weight excluding hydrogens is 290 g/mol. The van der Waals surface area contributed by atoms with Crippen LogP contribution in [0.2, 0.25) is 0 Å². The molecule has 1 amide bonds. The molecule has 0 aliphatic carbocycles. The summed E-state index contributed by atoms with van der Waals surface area (Å²) in [6.07, 6.45) is 2.37. The van der Waals surface area contributed by atoms with Gasteiger partial charge in [0.05, 0.1) is 6.10 Å². The topological polar surface area (TPSA) is 47.6 Å². The van der Waals surface area contributed by atoms with Gasteiger partial charge in [-0.05, 0) is 31.2 Å². The molecule has 3 atom stereocenters. The number of ether oxygens (including phenoxy) is 2. The van der Waals surface area contributed by atoms with Crippen LogP contribution in [-0.4, -0.2) is 32.3 Å². The van der Waals surface area contributed by atoms with E-state index in [1.807, 2.05) is 37.3 Å². The van der Waals surface area contributed by atoms with Crippen molar-refractivity contribution in [3.8, 4) is 0 Å². The van der Waals surface area contributed by atoms with E-state index in [0.29, 0.717) is 18.4 Å². The maximum atomic E-state index is 12.7. The molecule has 1 fully saturated rings. The molecule has 0 unspecified atom stereocenters. The van der Waals surface area contributed by atoms with E-state index < -0.39 is 5.60 Å². The van der Waals surface area contributed by atoms with Gasteiger partial charge in [-0.15, -0.1) is 0 Å². The molecule has 4 heteroatoms. The van der Waals surface area contributed by atoms with Gasteiger partial charge in [-0.3, -0.25) is 4.79 Å². The number of nitrogens with one attached hydrogen (secondary N) is 1. The Bertz CT molecular complexity index is 503. The summed E-state index contributed by atoms with van der Waals surface area (Å²) in [5.41, 5.74) is -0.107. The average molecular weight is 319 g/mol. The van der Waals surface area contributed by atoms with Crippen LogP contribution < -0.4 is 5.32 Å². The average Bonchev–Trinajstić information content (AvgIpc) is 2.59. The lowest BCUT2D eigenvalue weighted by Gasteiger charge is -2.35. The maximum absolute atomic E-state index is 12.7. The summed E-state index contributed by atoms with van der Waals surface area (Å²) in [5, 5.41) is 3.08. The van der Waals surface area contributed by atoms with Crippen molar-refractivity contribution in [1.82, 2.24) is 5.32 Å². The van der Waals surface area contributed by atoms with Crippen LogP contribution in [0.15, 0.2) is 30.3 Å². The standard InChI is InChI=1S/C19H29NO3/c1-14(2)17-15(9-8-12-23-17)13-20-18(21)19(3,22-4)16-10-6-5-7-11-16/h5-7,10-11,14-15,17H,8-9,12-13H2,1-4H3,(H,20,21)/t15-,17-,19+/m1/s1. The van der Waals surface area contributed by atoms with Crippen LogP contribution in [0, 0.1) is 11.8 Å². The third-order valence-corrected chi connectivity index (χ3v) is 4.84. The van der Waals surface area contributed by atoms with Gasteiger partial charge in [0.1, 0.15) is 0 Å². The second kappa shape index (κ2) is 7.93. The number of carbonyl (C=O) groups excluding carboxylic acids is 1. The maximum Gasteiger partial charge on any atom is 0.256 e. The predicted molar refractivity (Wildman–Crippen MR) is 91.1 cm³/mol. The Morgan fingerprint density at radius 1 is 1.39 bits per heavy atom. The minimum absolute atomic E-state index is 0.0979. The summed E-state index contributed by atoms with van der Waals surface area (Å²) < 4.78 is 11.5. The molecule has 128 valence electrons. The Morgan fingerprint density at radius 3 is 2.70 bits per heavy atom. The van der Waals surface area contributed by atoms with Gasteiger partial charge < -0.3 is 14.8 Å². The molecule has 1 aliphatic heterocycles. The van der Waals surface area contributed by atoms with Crippen molar-refractivity contribution in [3.63, 3.8) is 0 Å². The minimum Gasteiger partial charge on any atom is -0.378 e. The highest BCUT2D eigenvalue weighted by atomic mass is 16.5. The monoisotopic (exact) mass is 319 g/mol. The van der Waals surface area contributed by atoms with Crippen molar-refractivity contribution in [2.24, 2.45) is 11.8 Å². The van der Waals surface area contributed by atoms with E-state index in [2.05, 4.69) is 19.2 Å². The van der Waals surface area contributed by atoms with Gasteiger partial charge in [0.2, 0.25) is 0 Å². The zero-order valence-electron chi connectivity index (χ0n) is 14.7. The van der Waals surface area contributed by atoms with Crippen molar-refractivity contribution in [3.05, 3.63) is 35.9 Å². The molecule has 1 saturated heterocycles. The van der Waals surface area contributed by atoms with E-state index in [9.17, 15) is 4.79 Å². The highest BCUT2D eigenvalue weighted by Gasteiger charge is 2.36. The summed E-state index contributed by atoms with van der Waals surface area (Å²) in [4.78, 5) is 12.7. The number of methoxy groups -OCH3 is 1. The second-order valence-electron chi connectivity index (χ2n) is 6.80. The zero-order valence-corrected chi connectivity index (χ0v) is 14.7. The van der Waals surface area contributed by atoms with Gasteiger partial charge in [0.25, 0.3) is 5.91 Å². The lowest BCUT2D eigenvalue weighted by atomic mass is 9.87. The van der Waals surface area contributed by atoms with Crippen molar-refractivity contribution >= 4 is 5.91 Å². The molecule has 0 spiro atoms. The molecule has 1 aromatic rings. The van der Waals surface area contributed by atoms with E-state index in [4.69, 9.17) is 9.47 Å². The van der Waals surface area contributed by atoms with Crippen LogP contribution in [0.4, 0.5) is 0 Å². The van der Waals surface area contributed by atoms with Crippen LogP contribution in [-0.2, 0) is 19.9 Å². The molecule has 0 aromatic heterocycles. The number of benzene rings is 1. The molecule has 0 bridgehead atoms. The normalized spacial score (nSPS) is 24.2. The second-order valence-corrected chi connectivity index (χ2v) is 6.80. The van der Waals surface area contributed by atoms with Gasteiger partial charge in [-0.25, -0.2) is 0 Å². The number of rotatable bonds is 6. The molecule has 0 saturated carbocycles. The smallest absolute Gasteiger partial charge is 0.256 e. The lowest BCUT2D eigenvalue weighted by Crippen LogP contribution is -2.48. The number of amides is 1. The fourth-order valence-corrected chi connectivity index (χ4v) is 3.31. The van der Waals surface area contributed by atoms with Crippen LogP contribution in [0.3, 0.4) is 0 Å². The molecule has 1 N–H and O–H groups in total. The summed E-state index contributed by atoms with van der Waals surface area (Å²) in [5.74, 6) is 0.726. The quantitative estimate of drug-likeness (QED) is 0.876. The molecule has 2 rings (SSSR count). The van der Waals surface area contributed by atoms with Crippen LogP contribution in [0.25, 0.3) is 0 Å². The fraction of sp³-hybridized carbons (Fsp3) is 0.632. The molecule has 1 heterocycles. The van der Waals surface area contributed by atoms with Crippen molar-refractivity contribution in [2.45, 2.75) is 45.3 Å². The van der Waals surface area contributed by atoms with Crippen LogP contribution >= 0.6 is 0 Å². The number of hydrogen-bond donors (Lipinski definition) is 1. The van der Waals surface area contributed by atoms with E-state index >= 15 is 0 Å². The largest absolute Gasteiger partial charge is 0.378 e. The predicted octanol–water partition coefficient (Wildman–Crippen LogP) is 3.12. The first kappa shape index (κ1) is 18.0. The third kappa shape index (κ3) is 4.12. The molecule has 0 radical (unpaired) electrons. The summed E-state index contributed by atoms with van der Waals surface area (Å²) >= 11 is 0. The first-order valence-corrected chi connectivity index (χ1v) is 8.49. The minimum atomic E-state index is -0.968. The summed E-state index contributed by atoms with van der Waals surface area (Å²) in [6.45, 7) is 7.62. The molecule has 1 aromatic carbocycles. The Kier molecular flexibility index (Phi) is 6.19. The Hall–Kier alpha value is -1.39. The van der Waals surface area contributed by atoms with E-state index in [1.165, 1.54) is 0 Å². The van der Waals surface area contributed by atoms with Crippen LogP contribution in [0.5, 0.6) is 0 Å². The van der Waals surface area contributed by atoms with E-state index in [-0.39, 0.29) is 12.0 Å². The SMILES string of the molecule is CO[C@](C)(C(=O)NC[C@H]1CCCO[C@@H]1C(C)C)c1ccccc1. The lowest BCUT2D eigenvalue weighted by molar-refractivity contribution is -0.143. The first-order valence-electron chi connectivity index (χ1n) is 8.49. The zero-order chi connectivity index (χ0) is 16.9. The third-order valence-electron chi connectivity index (χ3n) is 4.84. The van der Waals surface area contributed by atoms with E-state index in [1.54, 1.807) is 7.11 Å². The van der Waals surface area contributed by atoms with Gasteiger partial charge in [-0.1, -0.05) is 44.2 Å². The molecule has 1 aliphatic rings. The molecule has 4 nitrogen and oxygen atoms in total. The van der Waals surface area contributed by atoms with Crippen LogP contribution in [0.1, 0.15) is 39.2 Å². The Balaban J connectivity index is 2.02. The van der Waals surface area contributed by atoms with Gasteiger partial charge in [-0.2, -0.15) is 0 Å². The number of carbonyl (C=O) groups is 1. The molecule has 23 heavy (non-hydrogen) atoms. The van der Waals surface area contributed by atoms with Gasteiger partial charge >= 0.3 is 0 Å². The van der Waals surface area contributed by atoms with Crippen molar-refractivity contribution in [1.29, 1.82) is 0 Å². The van der Waals surface area contributed by atoms with Gasteiger partial charge in [0.15, 0.2) is 5.60 Å².